The quantitative estimate of drug-likeness (QED) is 0.631. The molecule has 0 aliphatic carbocycles. The van der Waals surface area contributed by atoms with Crippen LogP contribution in [0, 0.1) is 5.82 Å². The van der Waals surface area contributed by atoms with E-state index in [0.717, 1.165) is 12.0 Å². The number of halogens is 1. The average molecular weight is 164 g/mol. The third-order valence-corrected chi connectivity index (χ3v) is 2.01. The lowest BCUT2D eigenvalue weighted by Crippen LogP contribution is -1.79. The van der Waals surface area contributed by atoms with E-state index in [4.69, 9.17) is 4.42 Å². The van der Waals surface area contributed by atoms with E-state index < -0.39 is 0 Å². The van der Waals surface area contributed by atoms with Crippen LogP contribution >= 0.6 is 0 Å². The second-order valence-corrected chi connectivity index (χ2v) is 2.73. The average Bonchev–Trinajstić information content (AvgIpc) is 2.49. The van der Waals surface area contributed by atoms with Crippen LogP contribution in [0.4, 0.5) is 4.39 Å². The van der Waals surface area contributed by atoms with Crippen LogP contribution in [0.25, 0.3) is 11.0 Å². The van der Waals surface area contributed by atoms with Gasteiger partial charge in [-0.1, -0.05) is 13.0 Å². The zero-order valence-corrected chi connectivity index (χ0v) is 6.80. The summed E-state index contributed by atoms with van der Waals surface area (Å²) in [6, 6.07) is 4.88. The number of furan rings is 1. The fourth-order valence-corrected chi connectivity index (χ4v) is 1.37. The Hall–Kier alpha value is -1.31. The Labute approximate surface area is 69.8 Å². The molecule has 0 atom stereocenters. The Morgan fingerprint density at radius 1 is 1.42 bits per heavy atom. The molecule has 62 valence electrons. The maximum atomic E-state index is 13.2. The summed E-state index contributed by atoms with van der Waals surface area (Å²) >= 11 is 0. The molecule has 1 heterocycles. The maximum Gasteiger partial charge on any atom is 0.137 e. The monoisotopic (exact) mass is 164 g/mol. The summed E-state index contributed by atoms with van der Waals surface area (Å²) in [6.45, 7) is 1.98. The molecule has 0 amide bonds. The first-order valence-corrected chi connectivity index (χ1v) is 3.97. The predicted octanol–water partition coefficient (Wildman–Crippen LogP) is 3.13. The van der Waals surface area contributed by atoms with Crippen molar-refractivity contribution in [1.29, 1.82) is 0 Å². The van der Waals surface area contributed by atoms with Gasteiger partial charge in [-0.2, -0.15) is 0 Å². The van der Waals surface area contributed by atoms with Gasteiger partial charge in [0.25, 0.3) is 0 Å². The lowest BCUT2D eigenvalue weighted by molar-refractivity contribution is 0.607. The molecule has 1 nitrogen and oxygen atoms in total. The smallest absolute Gasteiger partial charge is 0.137 e. The Bertz CT molecular complexity index is 403. The normalized spacial score (nSPS) is 10.8. The molecule has 0 N–H and O–H groups in total. The first-order chi connectivity index (χ1) is 5.83. The molecule has 2 rings (SSSR count). The molecule has 1 aromatic heterocycles. The minimum Gasteiger partial charge on any atom is -0.464 e. The van der Waals surface area contributed by atoms with E-state index in [-0.39, 0.29) is 5.82 Å². The fraction of sp³-hybridized carbons (Fsp3) is 0.200. The van der Waals surface area contributed by atoms with Gasteiger partial charge in [0.15, 0.2) is 0 Å². The highest BCUT2D eigenvalue weighted by atomic mass is 19.1. The number of rotatable bonds is 1. The molecule has 0 radical (unpaired) electrons. The van der Waals surface area contributed by atoms with E-state index in [1.807, 2.05) is 6.92 Å². The van der Waals surface area contributed by atoms with Gasteiger partial charge in [-0.05, 0) is 18.6 Å². The second-order valence-electron chi connectivity index (χ2n) is 2.73. The Kier molecular flexibility index (Phi) is 1.61. The number of hydrogen-bond donors (Lipinski definition) is 0. The van der Waals surface area contributed by atoms with Gasteiger partial charge in [-0.3, -0.25) is 0 Å². The minimum atomic E-state index is -0.196. The predicted molar refractivity (Wildman–Crippen MR) is 45.6 cm³/mol. The molecule has 1 aromatic carbocycles. The summed E-state index contributed by atoms with van der Waals surface area (Å²) in [4.78, 5) is 0. The topological polar surface area (TPSA) is 13.1 Å². The van der Waals surface area contributed by atoms with Crippen LogP contribution in [0.15, 0.2) is 28.9 Å². The van der Waals surface area contributed by atoms with Gasteiger partial charge < -0.3 is 4.42 Å². The summed E-state index contributed by atoms with van der Waals surface area (Å²) in [5.74, 6) is -0.196. The zero-order chi connectivity index (χ0) is 8.55. The van der Waals surface area contributed by atoms with Gasteiger partial charge in [0.2, 0.25) is 0 Å². The van der Waals surface area contributed by atoms with Gasteiger partial charge in [-0.15, -0.1) is 0 Å². The summed E-state index contributed by atoms with van der Waals surface area (Å²) in [7, 11) is 0. The van der Waals surface area contributed by atoms with Gasteiger partial charge in [0, 0.05) is 5.56 Å². The Balaban J connectivity index is 2.83. The van der Waals surface area contributed by atoms with E-state index in [1.54, 1.807) is 18.4 Å². The van der Waals surface area contributed by atoms with Gasteiger partial charge in [-0.25, -0.2) is 4.39 Å². The van der Waals surface area contributed by atoms with Crippen molar-refractivity contribution in [3.63, 3.8) is 0 Å². The highest BCUT2D eigenvalue weighted by Gasteiger charge is 2.07. The van der Waals surface area contributed by atoms with E-state index in [9.17, 15) is 4.39 Å². The molecule has 0 fully saturated rings. The van der Waals surface area contributed by atoms with E-state index in [1.165, 1.54) is 6.07 Å². The number of benzene rings is 1. The van der Waals surface area contributed by atoms with Crippen LogP contribution < -0.4 is 0 Å². The summed E-state index contributed by atoms with van der Waals surface area (Å²) in [6.07, 6.45) is 2.42. The Morgan fingerprint density at radius 3 is 3.00 bits per heavy atom. The zero-order valence-electron chi connectivity index (χ0n) is 6.80. The van der Waals surface area contributed by atoms with Crippen LogP contribution in [-0.4, -0.2) is 0 Å². The molecular weight excluding hydrogens is 155 g/mol. The second kappa shape index (κ2) is 2.63. The van der Waals surface area contributed by atoms with Crippen molar-refractivity contribution in [1.82, 2.24) is 0 Å². The third kappa shape index (κ3) is 0.916. The van der Waals surface area contributed by atoms with Crippen molar-refractivity contribution < 1.29 is 8.81 Å². The number of hydrogen-bond acceptors (Lipinski definition) is 1. The van der Waals surface area contributed by atoms with Crippen LogP contribution in [-0.2, 0) is 6.42 Å². The molecule has 0 aliphatic rings. The largest absolute Gasteiger partial charge is 0.464 e. The number of fused-ring (bicyclic) bond motifs is 1. The van der Waals surface area contributed by atoms with E-state index in [0.29, 0.717) is 11.0 Å². The van der Waals surface area contributed by atoms with Crippen LogP contribution in [0.2, 0.25) is 0 Å². The summed E-state index contributed by atoms with van der Waals surface area (Å²) in [5.41, 5.74) is 1.56. The van der Waals surface area contributed by atoms with Crippen molar-refractivity contribution >= 4 is 11.0 Å². The SMILES string of the molecule is CCc1coc2cccc(F)c12. The maximum absolute atomic E-state index is 13.2. The third-order valence-electron chi connectivity index (χ3n) is 2.01. The van der Waals surface area contributed by atoms with Gasteiger partial charge >= 0.3 is 0 Å². The van der Waals surface area contributed by atoms with Crippen molar-refractivity contribution in [2.45, 2.75) is 13.3 Å². The van der Waals surface area contributed by atoms with Crippen LogP contribution in [0.3, 0.4) is 0 Å². The lowest BCUT2D eigenvalue weighted by atomic mass is 10.1. The summed E-state index contributed by atoms with van der Waals surface area (Å²) in [5, 5.41) is 0.625. The van der Waals surface area contributed by atoms with Crippen molar-refractivity contribution in [3.8, 4) is 0 Å². The fourth-order valence-electron chi connectivity index (χ4n) is 1.37. The molecule has 0 saturated heterocycles. The molecule has 0 spiro atoms. The first-order valence-electron chi connectivity index (χ1n) is 3.97. The highest BCUT2D eigenvalue weighted by Crippen LogP contribution is 2.23. The molecule has 12 heavy (non-hydrogen) atoms. The molecular formula is C10H9FO. The van der Waals surface area contributed by atoms with Crippen LogP contribution in [0.5, 0.6) is 0 Å². The first kappa shape index (κ1) is 7.35. The number of aryl methyl sites for hydroxylation is 1. The van der Waals surface area contributed by atoms with Crippen molar-refractivity contribution in [2.24, 2.45) is 0 Å². The van der Waals surface area contributed by atoms with E-state index in [2.05, 4.69) is 0 Å². The molecule has 0 bridgehead atoms. The Morgan fingerprint density at radius 2 is 2.25 bits per heavy atom. The minimum absolute atomic E-state index is 0.196. The summed E-state index contributed by atoms with van der Waals surface area (Å²) < 4.78 is 18.4. The van der Waals surface area contributed by atoms with Gasteiger partial charge in [0.1, 0.15) is 11.4 Å². The molecule has 2 heteroatoms. The standard InChI is InChI=1S/C10H9FO/c1-2-7-6-12-9-5-3-4-8(11)10(7)9/h3-6H,2H2,1H3. The van der Waals surface area contributed by atoms with Gasteiger partial charge in [0.05, 0.1) is 11.6 Å². The molecule has 2 aromatic rings. The van der Waals surface area contributed by atoms with E-state index >= 15 is 0 Å². The van der Waals surface area contributed by atoms with Crippen LogP contribution in [0.1, 0.15) is 12.5 Å². The molecule has 0 aliphatic heterocycles. The molecule has 0 unspecified atom stereocenters. The highest BCUT2D eigenvalue weighted by molar-refractivity contribution is 5.81. The molecule has 0 saturated carbocycles. The lowest BCUT2D eigenvalue weighted by Gasteiger charge is -1.92. The van der Waals surface area contributed by atoms with Crippen molar-refractivity contribution in [3.05, 3.63) is 35.8 Å². The van der Waals surface area contributed by atoms with Crippen molar-refractivity contribution in [2.75, 3.05) is 0 Å².